The minimum absolute atomic E-state index is 0.0664. The van der Waals surface area contributed by atoms with Gasteiger partial charge in [0.25, 0.3) is 0 Å². The maximum atomic E-state index is 6.10. The van der Waals surface area contributed by atoms with Crippen molar-refractivity contribution < 1.29 is 4.74 Å². The second-order valence-electron chi connectivity index (χ2n) is 4.88. The Bertz CT molecular complexity index is 589. The number of ether oxygens (including phenoxy) is 1. The predicted molar refractivity (Wildman–Crippen MR) is 81.6 cm³/mol. The zero-order valence-electron chi connectivity index (χ0n) is 10.5. The first-order valence-electron chi connectivity index (χ1n) is 6.52. The van der Waals surface area contributed by atoms with Gasteiger partial charge in [-0.2, -0.15) is 0 Å². The van der Waals surface area contributed by atoms with Crippen LogP contribution in [0.15, 0.2) is 34.9 Å². The molecule has 1 saturated heterocycles. The van der Waals surface area contributed by atoms with Gasteiger partial charge in [-0.05, 0) is 25.0 Å². The molecule has 0 spiro atoms. The third-order valence-electron chi connectivity index (χ3n) is 3.70. The molecule has 1 fully saturated rings. The fourth-order valence-electron chi connectivity index (χ4n) is 2.73. The van der Waals surface area contributed by atoms with E-state index in [0.717, 1.165) is 40.4 Å². The molecule has 2 nitrogen and oxygen atoms in total. The number of rotatable bonds is 2. The molecule has 0 aliphatic carbocycles. The Balaban J connectivity index is 2.11. The molecule has 0 saturated carbocycles. The van der Waals surface area contributed by atoms with Crippen LogP contribution >= 0.6 is 27.5 Å². The van der Waals surface area contributed by atoms with E-state index in [9.17, 15) is 0 Å². The Labute approximate surface area is 126 Å². The van der Waals surface area contributed by atoms with Gasteiger partial charge in [-0.25, -0.2) is 0 Å². The van der Waals surface area contributed by atoms with E-state index < -0.39 is 0 Å². The average molecular weight is 341 g/mol. The first kappa shape index (κ1) is 13.3. The SMILES string of the molecule is ClCC1CCCOC1c1ccc(Br)c2cccnc12. The van der Waals surface area contributed by atoms with E-state index in [-0.39, 0.29) is 6.10 Å². The fraction of sp³-hybridized carbons (Fsp3) is 0.400. The second-order valence-corrected chi connectivity index (χ2v) is 6.05. The standard InChI is InChI=1S/C15H15BrClNO/c16-13-6-5-12(14-11(13)4-1-7-18-14)15-10(9-17)3-2-8-19-15/h1,4-7,10,15H,2-3,8-9H2. The van der Waals surface area contributed by atoms with Crippen LogP contribution in [0.2, 0.25) is 0 Å². The highest BCUT2D eigenvalue weighted by molar-refractivity contribution is 9.10. The highest BCUT2D eigenvalue weighted by Crippen LogP contribution is 2.38. The van der Waals surface area contributed by atoms with Gasteiger partial charge in [0.05, 0.1) is 11.6 Å². The second kappa shape index (κ2) is 5.78. The van der Waals surface area contributed by atoms with E-state index >= 15 is 0 Å². The molecule has 1 aliphatic heterocycles. The van der Waals surface area contributed by atoms with E-state index in [0.29, 0.717) is 11.8 Å². The highest BCUT2D eigenvalue weighted by atomic mass is 79.9. The fourth-order valence-corrected chi connectivity index (χ4v) is 3.50. The lowest BCUT2D eigenvalue weighted by atomic mass is 9.90. The minimum atomic E-state index is 0.0664. The summed E-state index contributed by atoms with van der Waals surface area (Å²) in [5.74, 6) is 1.01. The molecule has 1 aromatic carbocycles. The van der Waals surface area contributed by atoms with Crippen LogP contribution in [0.1, 0.15) is 24.5 Å². The summed E-state index contributed by atoms with van der Waals surface area (Å²) < 4.78 is 7.04. The number of hydrogen-bond donors (Lipinski definition) is 0. The largest absolute Gasteiger partial charge is 0.373 e. The molecule has 0 N–H and O–H groups in total. The van der Waals surface area contributed by atoms with Crippen LogP contribution in [0.4, 0.5) is 0 Å². The maximum Gasteiger partial charge on any atom is 0.0885 e. The van der Waals surface area contributed by atoms with Gasteiger partial charge in [-0.15, -0.1) is 11.6 Å². The summed E-state index contributed by atoms with van der Waals surface area (Å²) in [5.41, 5.74) is 2.17. The number of halogens is 2. The van der Waals surface area contributed by atoms with Gasteiger partial charge < -0.3 is 4.74 Å². The third-order valence-corrected chi connectivity index (χ3v) is 4.79. The van der Waals surface area contributed by atoms with Crippen molar-refractivity contribution in [1.82, 2.24) is 4.98 Å². The Morgan fingerprint density at radius 3 is 3.11 bits per heavy atom. The van der Waals surface area contributed by atoms with Crippen molar-refractivity contribution in [3.8, 4) is 0 Å². The zero-order chi connectivity index (χ0) is 13.2. The Morgan fingerprint density at radius 1 is 1.37 bits per heavy atom. The Hall–Kier alpha value is -0.640. The molecule has 2 heterocycles. The summed E-state index contributed by atoms with van der Waals surface area (Å²) in [5, 5.41) is 1.13. The molecule has 0 radical (unpaired) electrons. The summed E-state index contributed by atoms with van der Waals surface area (Å²) in [7, 11) is 0. The highest BCUT2D eigenvalue weighted by Gasteiger charge is 2.28. The van der Waals surface area contributed by atoms with Gasteiger partial charge in [0.1, 0.15) is 0 Å². The van der Waals surface area contributed by atoms with Crippen LogP contribution in [-0.2, 0) is 4.74 Å². The third kappa shape index (κ3) is 2.51. The Kier molecular flexibility index (Phi) is 4.06. The normalized spacial score (nSPS) is 23.7. The summed E-state index contributed by atoms with van der Waals surface area (Å²) in [4.78, 5) is 4.53. The summed E-state index contributed by atoms with van der Waals surface area (Å²) in [6.07, 6.45) is 4.11. The Morgan fingerprint density at radius 2 is 2.26 bits per heavy atom. The van der Waals surface area contributed by atoms with Crippen LogP contribution in [0.5, 0.6) is 0 Å². The maximum absolute atomic E-state index is 6.10. The van der Waals surface area contributed by atoms with E-state index in [1.54, 1.807) is 0 Å². The number of nitrogens with zero attached hydrogens (tertiary/aromatic N) is 1. The monoisotopic (exact) mass is 339 g/mol. The van der Waals surface area contributed by atoms with Crippen molar-refractivity contribution >= 4 is 38.4 Å². The molecule has 4 heteroatoms. The number of benzene rings is 1. The lowest BCUT2D eigenvalue weighted by Crippen LogP contribution is -2.24. The van der Waals surface area contributed by atoms with E-state index in [4.69, 9.17) is 16.3 Å². The average Bonchev–Trinajstić information content (AvgIpc) is 2.48. The molecular formula is C15H15BrClNO. The molecule has 0 bridgehead atoms. The number of hydrogen-bond acceptors (Lipinski definition) is 2. The van der Waals surface area contributed by atoms with Crippen molar-refractivity contribution in [2.45, 2.75) is 18.9 Å². The van der Waals surface area contributed by atoms with Crippen molar-refractivity contribution in [1.29, 1.82) is 0 Å². The number of alkyl halides is 1. The molecule has 19 heavy (non-hydrogen) atoms. The van der Waals surface area contributed by atoms with Gasteiger partial charge in [-0.1, -0.05) is 28.1 Å². The number of pyridine rings is 1. The molecule has 100 valence electrons. The number of fused-ring (bicyclic) bond motifs is 1. The van der Waals surface area contributed by atoms with Crippen molar-refractivity contribution in [3.63, 3.8) is 0 Å². The van der Waals surface area contributed by atoms with Crippen molar-refractivity contribution in [2.75, 3.05) is 12.5 Å². The molecule has 1 aromatic heterocycles. The van der Waals surface area contributed by atoms with Gasteiger partial charge in [-0.3, -0.25) is 4.98 Å². The van der Waals surface area contributed by atoms with Gasteiger partial charge in [0, 0.05) is 40.0 Å². The van der Waals surface area contributed by atoms with Crippen LogP contribution in [0, 0.1) is 5.92 Å². The molecule has 3 rings (SSSR count). The smallest absolute Gasteiger partial charge is 0.0885 e. The first-order chi connectivity index (χ1) is 9.31. The van der Waals surface area contributed by atoms with Gasteiger partial charge in [0.15, 0.2) is 0 Å². The lowest BCUT2D eigenvalue weighted by Gasteiger charge is -2.31. The summed E-state index contributed by atoms with van der Waals surface area (Å²) in [6, 6.07) is 8.21. The van der Waals surface area contributed by atoms with Crippen LogP contribution in [-0.4, -0.2) is 17.5 Å². The number of aromatic nitrogens is 1. The quantitative estimate of drug-likeness (QED) is 0.739. The van der Waals surface area contributed by atoms with E-state index in [2.05, 4.69) is 39.1 Å². The van der Waals surface area contributed by atoms with Crippen LogP contribution < -0.4 is 0 Å². The first-order valence-corrected chi connectivity index (χ1v) is 7.84. The van der Waals surface area contributed by atoms with Crippen molar-refractivity contribution in [3.05, 3.63) is 40.5 Å². The van der Waals surface area contributed by atoms with Crippen LogP contribution in [0.3, 0.4) is 0 Å². The summed E-state index contributed by atoms with van der Waals surface area (Å²) >= 11 is 9.68. The molecule has 2 unspecified atom stereocenters. The zero-order valence-corrected chi connectivity index (χ0v) is 12.8. The molecule has 1 aliphatic rings. The van der Waals surface area contributed by atoms with Crippen molar-refractivity contribution in [2.24, 2.45) is 5.92 Å². The predicted octanol–water partition coefficient (Wildman–Crippen LogP) is 4.70. The molecule has 2 aromatic rings. The molecular weight excluding hydrogens is 326 g/mol. The molecule has 0 amide bonds. The molecule has 2 atom stereocenters. The minimum Gasteiger partial charge on any atom is -0.373 e. The lowest BCUT2D eigenvalue weighted by molar-refractivity contribution is -0.0200. The summed E-state index contributed by atoms with van der Waals surface area (Å²) in [6.45, 7) is 0.808. The topological polar surface area (TPSA) is 22.1 Å². The van der Waals surface area contributed by atoms with Crippen LogP contribution in [0.25, 0.3) is 10.9 Å². The van der Waals surface area contributed by atoms with E-state index in [1.165, 1.54) is 0 Å². The van der Waals surface area contributed by atoms with Gasteiger partial charge >= 0.3 is 0 Å². The van der Waals surface area contributed by atoms with E-state index in [1.807, 2.05) is 12.3 Å². The van der Waals surface area contributed by atoms with Gasteiger partial charge in [0.2, 0.25) is 0 Å².